The van der Waals surface area contributed by atoms with Crippen LogP contribution in [0.25, 0.3) is 0 Å². The fourth-order valence-corrected chi connectivity index (χ4v) is 5.62. The van der Waals surface area contributed by atoms with Gasteiger partial charge in [-0.3, -0.25) is 5.43 Å². The summed E-state index contributed by atoms with van der Waals surface area (Å²) in [6, 6.07) is 0. The summed E-state index contributed by atoms with van der Waals surface area (Å²) in [6.45, 7) is 7.85. The van der Waals surface area contributed by atoms with Crippen molar-refractivity contribution in [2.45, 2.75) is 174 Å². The molecule has 1 heterocycles. The van der Waals surface area contributed by atoms with Crippen molar-refractivity contribution in [1.82, 2.24) is 20.4 Å². The largest absolute Gasteiger partial charge is 0.348 e. The molecule has 258 valence electrons. The van der Waals surface area contributed by atoms with Gasteiger partial charge in [-0.15, -0.1) is 0 Å². The summed E-state index contributed by atoms with van der Waals surface area (Å²) in [5.41, 5.74) is 4.94. The number of aromatic nitrogens is 2. The van der Waals surface area contributed by atoms with Crippen LogP contribution in [0.5, 0.6) is 0 Å². The summed E-state index contributed by atoms with van der Waals surface area (Å²) in [5, 5.41) is 2.50. The van der Waals surface area contributed by atoms with Crippen molar-refractivity contribution < 1.29 is 0 Å². The second-order valence-corrected chi connectivity index (χ2v) is 12.9. The van der Waals surface area contributed by atoms with Crippen LogP contribution in [0, 0.1) is 0 Å². The van der Waals surface area contributed by atoms with Gasteiger partial charge in [0, 0.05) is 37.9 Å². The first-order valence-corrected chi connectivity index (χ1v) is 19.4. The number of H-pyrrole nitrogens is 1. The smallest absolute Gasteiger partial charge is 0.0921 e. The molecule has 2 N–H and O–H groups in total. The van der Waals surface area contributed by atoms with E-state index in [1.54, 1.807) is 6.33 Å². The molecule has 0 aliphatic heterocycles. The highest BCUT2D eigenvalue weighted by Crippen LogP contribution is 2.11. The molecule has 1 rings (SSSR count). The maximum Gasteiger partial charge on any atom is 0.0921 e. The molecule has 0 saturated heterocycles. The van der Waals surface area contributed by atoms with Gasteiger partial charge >= 0.3 is 0 Å². The van der Waals surface area contributed by atoms with Crippen molar-refractivity contribution in [2.75, 3.05) is 19.6 Å². The van der Waals surface area contributed by atoms with E-state index in [0.29, 0.717) is 0 Å². The molecule has 4 heteroatoms. The van der Waals surface area contributed by atoms with Crippen molar-refractivity contribution in [1.29, 1.82) is 0 Å². The summed E-state index contributed by atoms with van der Waals surface area (Å²) in [7, 11) is 0. The lowest BCUT2D eigenvalue weighted by molar-refractivity contribution is 0.180. The molecule has 1 aromatic heterocycles. The molecule has 0 saturated carbocycles. The topological polar surface area (TPSA) is 44.0 Å². The molecule has 0 aliphatic rings. The Hall–Kier alpha value is -1.91. The predicted octanol–water partition coefficient (Wildman–Crippen LogP) is 12.4. The van der Waals surface area contributed by atoms with Crippen LogP contribution in [-0.4, -0.2) is 34.6 Å². The van der Waals surface area contributed by atoms with Gasteiger partial charge in [0.05, 0.1) is 6.33 Å². The Labute approximate surface area is 280 Å². The average molecular weight is 623 g/mol. The van der Waals surface area contributed by atoms with Crippen molar-refractivity contribution in [3.05, 3.63) is 66.8 Å². The van der Waals surface area contributed by atoms with E-state index in [1.807, 2.05) is 6.20 Å². The number of aromatic amines is 1. The van der Waals surface area contributed by atoms with E-state index >= 15 is 0 Å². The lowest BCUT2D eigenvalue weighted by atomic mass is 10.1. The zero-order chi connectivity index (χ0) is 32.1. The van der Waals surface area contributed by atoms with E-state index in [4.69, 9.17) is 0 Å². The number of hydrogen-bond acceptors (Lipinski definition) is 3. The van der Waals surface area contributed by atoms with Crippen LogP contribution in [0.15, 0.2) is 61.1 Å². The molecular formula is C41H74N4. The third-order valence-electron chi connectivity index (χ3n) is 8.54. The van der Waals surface area contributed by atoms with Crippen molar-refractivity contribution in [3.63, 3.8) is 0 Å². The molecule has 0 aromatic carbocycles. The Kier molecular flexibility index (Phi) is 31.9. The molecule has 0 fully saturated rings. The van der Waals surface area contributed by atoms with E-state index in [2.05, 4.69) is 82.9 Å². The van der Waals surface area contributed by atoms with Gasteiger partial charge in [0.1, 0.15) is 0 Å². The highest BCUT2D eigenvalue weighted by Gasteiger charge is 2.05. The maximum atomic E-state index is 4.16. The molecule has 0 unspecified atom stereocenters. The number of nitrogens with one attached hydrogen (secondary N) is 2. The van der Waals surface area contributed by atoms with E-state index in [1.165, 1.54) is 147 Å². The van der Waals surface area contributed by atoms with Crippen LogP contribution in [0.1, 0.15) is 174 Å². The minimum atomic E-state index is 0.979. The van der Waals surface area contributed by atoms with Crippen molar-refractivity contribution in [2.24, 2.45) is 0 Å². The lowest BCUT2D eigenvalue weighted by Crippen LogP contribution is -2.40. The fraction of sp³-hybridized carbons (Fsp3) is 0.732. The fourth-order valence-electron chi connectivity index (χ4n) is 5.62. The lowest BCUT2D eigenvalue weighted by Gasteiger charge is -2.23. The minimum Gasteiger partial charge on any atom is -0.348 e. The zero-order valence-corrected chi connectivity index (χ0v) is 30.0. The number of imidazole rings is 1. The molecule has 0 aliphatic carbocycles. The first kappa shape index (κ1) is 41.1. The molecule has 0 spiro atoms. The van der Waals surface area contributed by atoms with E-state index < -0.39 is 0 Å². The van der Waals surface area contributed by atoms with Gasteiger partial charge < -0.3 is 4.98 Å². The van der Waals surface area contributed by atoms with Crippen LogP contribution in [-0.2, 0) is 6.42 Å². The van der Waals surface area contributed by atoms with Crippen LogP contribution < -0.4 is 5.43 Å². The second-order valence-electron chi connectivity index (χ2n) is 12.9. The molecule has 45 heavy (non-hydrogen) atoms. The van der Waals surface area contributed by atoms with Crippen molar-refractivity contribution >= 4 is 0 Å². The molecule has 1 aromatic rings. The van der Waals surface area contributed by atoms with E-state index in [0.717, 1.165) is 38.9 Å². The Bertz CT molecular complexity index is 759. The zero-order valence-electron chi connectivity index (χ0n) is 30.0. The van der Waals surface area contributed by atoms with Crippen LogP contribution in [0.4, 0.5) is 0 Å². The van der Waals surface area contributed by atoms with Crippen LogP contribution >= 0.6 is 0 Å². The summed E-state index contributed by atoms with van der Waals surface area (Å²) >= 11 is 0. The summed E-state index contributed by atoms with van der Waals surface area (Å²) in [6.07, 6.45) is 55.0. The quantitative estimate of drug-likeness (QED) is 0.0456. The highest BCUT2D eigenvalue weighted by atomic mass is 15.5. The third-order valence-corrected chi connectivity index (χ3v) is 8.54. The minimum absolute atomic E-state index is 0.979. The van der Waals surface area contributed by atoms with Crippen LogP contribution in [0.3, 0.4) is 0 Å². The summed E-state index contributed by atoms with van der Waals surface area (Å²) < 4.78 is 0. The Morgan fingerprint density at radius 3 is 1.40 bits per heavy atom. The average Bonchev–Trinajstić information content (AvgIpc) is 3.57. The third kappa shape index (κ3) is 30.5. The number of allylic oxidation sites excluding steroid dienone is 8. The molecule has 0 radical (unpaired) electrons. The number of unbranched alkanes of at least 4 members (excludes halogenated alkanes) is 18. The summed E-state index contributed by atoms with van der Waals surface area (Å²) in [4.78, 5) is 7.39. The molecule has 0 bridgehead atoms. The van der Waals surface area contributed by atoms with E-state index in [-0.39, 0.29) is 0 Å². The first-order valence-electron chi connectivity index (χ1n) is 19.4. The number of nitrogens with zero attached hydrogens (tertiary/aromatic N) is 2. The van der Waals surface area contributed by atoms with Gasteiger partial charge in [-0.05, 0) is 77.0 Å². The molecule has 0 amide bonds. The highest BCUT2D eigenvalue weighted by molar-refractivity contribution is 4.95. The van der Waals surface area contributed by atoms with Gasteiger partial charge in [-0.1, -0.05) is 140 Å². The normalized spacial score (nSPS) is 12.4. The molecule has 4 nitrogen and oxygen atoms in total. The van der Waals surface area contributed by atoms with Gasteiger partial charge in [0.2, 0.25) is 0 Å². The predicted molar refractivity (Wildman–Crippen MR) is 201 cm³/mol. The Morgan fingerprint density at radius 2 is 0.978 bits per heavy atom. The molecule has 0 atom stereocenters. The van der Waals surface area contributed by atoms with Gasteiger partial charge in [0.25, 0.3) is 0 Å². The summed E-state index contributed by atoms with van der Waals surface area (Å²) in [5.74, 6) is 0. The number of hydrogen-bond donors (Lipinski definition) is 2. The second kappa shape index (κ2) is 35.0. The maximum absolute atomic E-state index is 4.16. The van der Waals surface area contributed by atoms with E-state index in [9.17, 15) is 0 Å². The molecular weight excluding hydrogens is 548 g/mol. The Morgan fingerprint density at radius 1 is 0.556 bits per heavy atom. The van der Waals surface area contributed by atoms with Crippen LogP contribution in [0.2, 0.25) is 0 Å². The number of hydrazine groups is 1. The standard InChI is InChI=1S/C41H74N4/c1-3-5-7-9-11-13-15-17-19-21-23-25-27-29-31-33-37-45(44-36-35-41-39-42-40-43-41)38-34-32-30-28-26-24-22-20-18-16-14-12-10-8-6-4-2/h11-14,17-20,39-40,44H,3-10,15-16,21-38H2,1-2H3,(H,42,43)/b13-11-,14-12-,19-17-,20-18-. The van der Waals surface area contributed by atoms with Crippen molar-refractivity contribution in [3.8, 4) is 0 Å². The first-order chi connectivity index (χ1) is 22.4. The number of rotatable bonds is 34. The van der Waals surface area contributed by atoms with Gasteiger partial charge in [-0.2, -0.15) is 0 Å². The Balaban J connectivity index is 2.06. The SMILES string of the molecule is CCCCC/C=C\C/C=C\CCCCCCCCN(CCCCCCCC/C=C\C/C=C\CCCCC)NCCc1cnc[nH]1. The monoisotopic (exact) mass is 623 g/mol. The van der Waals surface area contributed by atoms with Gasteiger partial charge in [0.15, 0.2) is 0 Å². The van der Waals surface area contributed by atoms with Gasteiger partial charge in [-0.25, -0.2) is 9.99 Å².